The molecule has 1 aromatic rings. The normalized spacial score (nSPS) is 13.5. The maximum atomic E-state index is 9.11. The van der Waals surface area contributed by atoms with Crippen LogP contribution in [0.1, 0.15) is 0 Å². The molecule has 0 saturated heterocycles. The molecule has 1 aromatic carbocycles. The molecule has 0 aliphatic carbocycles. The van der Waals surface area contributed by atoms with E-state index in [0.29, 0.717) is 16.0 Å². The van der Waals surface area contributed by atoms with Crippen LogP contribution in [0.3, 0.4) is 0 Å². The lowest BCUT2D eigenvalue weighted by Gasteiger charge is -1.98. The van der Waals surface area contributed by atoms with Gasteiger partial charge in [0.2, 0.25) is 6.79 Å². The van der Waals surface area contributed by atoms with Crippen molar-refractivity contribution in [1.82, 2.24) is 0 Å². The van der Waals surface area contributed by atoms with Gasteiger partial charge < -0.3 is 14.6 Å². The molecule has 1 aliphatic heterocycles. The van der Waals surface area contributed by atoms with Gasteiger partial charge in [0, 0.05) is 6.07 Å². The van der Waals surface area contributed by atoms with Crippen molar-refractivity contribution >= 4 is 15.9 Å². The Balaban J connectivity index is 2.60. The van der Waals surface area contributed by atoms with Gasteiger partial charge in [0.25, 0.3) is 0 Å². The van der Waals surface area contributed by atoms with Crippen LogP contribution in [0.25, 0.3) is 0 Å². The van der Waals surface area contributed by atoms with Crippen LogP contribution >= 0.6 is 15.9 Å². The summed E-state index contributed by atoms with van der Waals surface area (Å²) < 4.78 is 10.9. The topological polar surface area (TPSA) is 38.7 Å². The third kappa shape index (κ3) is 1.03. The largest absolute Gasteiger partial charge is 0.508 e. The molecule has 3 nitrogen and oxygen atoms in total. The summed E-state index contributed by atoms with van der Waals surface area (Å²) in [5.74, 6) is 1.40. The molecule has 0 bridgehead atoms. The van der Waals surface area contributed by atoms with Crippen LogP contribution in [0.15, 0.2) is 16.6 Å². The van der Waals surface area contributed by atoms with E-state index in [-0.39, 0.29) is 12.5 Å². The van der Waals surface area contributed by atoms with E-state index in [0.717, 1.165) is 0 Å². The lowest BCUT2D eigenvalue weighted by Crippen LogP contribution is -1.93. The third-order valence-corrected chi connectivity index (χ3v) is 2.00. The van der Waals surface area contributed by atoms with E-state index in [1.807, 2.05) is 0 Å². The monoisotopic (exact) mass is 216 g/mol. The maximum absolute atomic E-state index is 9.11. The molecule has 0 fully saturated rings. The quantitative estimate of drug-likeness (QED) is 0.720. The zero-order chi connectivity index (χ0) is 7.84. The Bertz CT molecular complexity index is 298. The van der Waals surface area contributed by atoms with Crippen molar-refractivity contribution < 1.29 is 14.6 Å². The van der Waals surface area contributed by atoms with Gasteiger partial charge in [-0.2, -0.15) is 0 Å². The second-order valence-corrected chi connectivity index (χ2v) is 3.02. The number of phenols is 1. The molecule has 1 N–H and O–H groups in total. The number of hydrogen-bond donors (Lipinski definition) is 1. The number of fused-ring (bicyclic) bond motifs is 1. The Kier molecular flexibility index (Phi) is 1.42. The lowest BCUT2D eigenvalue weighted by atomic mass is 10.3. The van der Waals surface area contributed by atoms with Crippen molar-refractivity contribution in [2.45, 2.75) is 0 Å². The van der Waals surface area contributed by atoms with Crippen LogP contribution < -0.4 is 9.47 Å². The van der Waals surface area contributed by atoms with Crippen molar-refractivity contribution in [1.29, 1.82) is 0 Å². The number of rotatable bonds is 0. The minimum Gasteiger partial charge on any atom is -0.508 e. The zero-order valence-electron chi connectivity index (χ0n) is 5.50. The van der Waals surface area contributed by atoms with Crippen LogP contribution in [0.4, 0.5) is 0 Å². The van der Waals surface area contributed by atoms with E-state index >= 15 is 0 Å². The predicted octanol–water partition coefficient (Wildman–Crippen LogP) is 1.88. The van der Waals surface area contributed by atoms with Gasteiger partial charge in [-0.1, -0.05) is 0 Å². The van der Waals surface area contributed by atoms with E-state index in [9.17, 15) is 0 Å². The zero-order valence-corrected chi connectivity index (χ0v) is 7.09. The summed E-state index contributed by atoms with van der Waals surface area (Å²) in [6, 6.07) is 3.08. The van der Waals surface area contributed by atoms with Gasteiger partial charge in [-0.05, 0) is 22.0 Å². The standard InChI is InChI=1S/C7H5BrO3/c8-5-1-4(9)2-6-7(5)11-3-10-6/h1-2,9H,3H2. The molecule has 0 saturated carbocycles. The molecular formula is C7H5BrO3. The predicted molar refractivity (Wildman–Crippen MR) is 41.9 cm³/mol. The summed E-state index contributed by atoms with van der Waals surface area (Å²) in [5.41, 5.74) is 0. The van der Waals surface area contributed by atoms with Crippen LogP contribution in [0.2, 0.25) is 0 Å². The Morgan fingerprint density at radius 3 is 3.00 bits per heavy atom. The van der Waals surface area contributed by atoms with Crippen LogP contribution in [0.5, 0.6) is 17.2 Å². The van der Waals surface area contributed by atoms with E-state index in [1.165, 1.54) is 6.07 Å². The Morgan fingerprint density at radius 1 is 1.36 bits per heavy atom. The number of aromatic hydroxyl groups is 1. The van der Waals surface area contributed by atoms with Gasteiger partial charge in [0.05, 0.1) is 4.47 Å². The van der Waals surface area contributed by atoms with E-state index in [4.69, 9.17) is 14.6 Å². The van der Waals surface area contributed by atoms with E-state index in [2.05, 4.69) is 15.9 Å². The molecule has 0 aromatic heterocycles. The summed E-state index contributed by atoms with van der Waals surface area (Å²) in [7, 11) is 0. The molecule has 2 rings (SSSR count). The van der Waals surface area contributed by atoms with Gasteiger partial charge in [-0.15, -0.1) is 0 Å². The molecule has 0 spiro atoms. The fraction of sp³-hybridized carbons (Fsp3) is 0.143. The Hall–Kier alpha value is -0.900. The van der Waals surface area contributed by atoms with Gasteiger partial charge in [-0.3, -0.25) is 0 Å². The molecule has 1 heterocycles. The van der Waals surface area contributed by atoms with Crippen LogP contribution in [0, 0.1) is 0 Å². The molecule has 0 amide bonds. The van der Waals surface area contributed by atoms with E-state index in [1.54, 1.807) is 6.07 Å². The first-order chi connectivity index (χ1) is 5.27. The second-order valence-electron chi connectivity index (χ2n) is 2.16. The number of halogens is 1. The fourth-order valence-electron chi connectivity index (χ4n) is 0.954. The molecular weight excluding hydrogens is 212 g/mol. The van der Waals surface area contributed by atoms with Crippen LogP contribution in [-0.4, -0.2) is 11.9 Å². The first-order valence-electron chi connectivity index (χ1n) is 3.05. The fourth-order valence-corrected chi connectivity index (χ4v) is 1.50. The van der Waals surface area contributed by atoms with Crippen molar-refractivity contribution in [2.24, 2.45) is 0 Å². The Labute approximate surface area is 71.7 Å². The minimum absolute atomic E-state index is 0.168. The maximum Gasteiger partial charge on any atom is 0.231 e. The average Bonchev–Trinajstić information content (AvgIpc) is 2.34. The average molecular weight is 217 g/mol. The van der Waals surface area contributed by atoms with Gasteiger partial charge in [0.15, 0.2) is 11.5 Å². The van der Waals surface area contributed by atoms with Gasteiger partial charge in [0.1, 0.15) is 5.75 Å². The number of ether oxygens (including phenoxy) is 2. The molecule has 4 heteroatoms. The molecule has 0 radical (unpaired) electrons. The summed E-state index contributed by atoms with van der Waals surface area (Å²) in [6.07, 6.45) is 0. The smallest absolute Gasteiger partial charge is 0.231 e. The van der Waals surface area contributed by atoms with Crippen LogP contribution in [-0.2, 0) is 0 Å². The number of benzene rings is 1. The highest BCUT2D eigenvalue weighted by Crippen LogP contribution is 2.41. The molecule has 58 valence electrons. The van der Waals surface area contributed by atoms with Crippen molar-refractivity contribution in [3.63, 3.8) is 0 Å². The van der Waals surface area contributed by atoms with Gasteiger partial charge >= 0.3 is 0 Å². The highest BCUT2D eigenvalue weighted by molar-refractivity contribution is 9.10. The molecule has 0 atom stereocenters. The highest BCUT2D eigenvalue weighted by atomic mass is 79.9. The second kappa shape index (κ2) is 2.30. The van der Waals surface area contributed by atoms with Crippen molar-refractivity contribution in [3.8, 4) is 17.2 Å². The summed E-state index contributed by atoms with van der Waals surface area (Å²) in [6.45, 7) is 0.220. The first kappa shape index (κ1) is 6.79. The van der Waals surface area contributed by atoms with E-state index < -0.39 is 0 Å². The number of hydrogen-bond acceptors (Lipinski definition) is 3. The van der Waals surface area contributed by atoms with Gasteiger partial charge in [-0.25, -0.2) is 0 Å². The highest BCUT2D eigenvalue weighted by Gasteiger charge is 2.17. The molecule has 1 aliphatic rings. The molecule has 0 unspecified atom stereocenters. The SMILES string of the molecule is Oc1cc(Br)c2c(c1)OCO2. The Morgan fingerprint density at radius 2 is 2.18 bits per heavy atom. The van der Waals surface area contributed by atoms with Crippen molar-refractivity contribution in [3.05, 3.63) is 16.6 Å². The first-order valence-corrected chi connectivity index (χ1v) is 3.85. The number of phenolic OH excluding ortho intramolecular Hbond substituents is 1. The lowest BCUT2D eigenvalue weighted by molar-refractivity contribution is 0.173. The summed E-state index contributed by atoms with van der Waals surface area (Å²) >= 11 is 3.23. The summed E-state index contributed by atoms with van der Waals surface area (Å²) in [4.78, 5) is 0. The minimum atomic E-state index is 0.168. The molecule has 11 heavy (non-hydrogen) atoms. The third-order valence-electron chi connectivity index (χ3n) is 1.41. The van der Waals surface area contributed by atoms with Crippen molar-refractivity contribution in [2.75, 3.05) is 6.79 Å². The summed E-state index contributed by atoms with van der Waals surface area (Å²) in [5, 5.41) is 9.11.